The van der Waals surface area contributed by atoms with Crippen LogP contribution in [0.5, 0.6) is 0 Å². The summed E-state index contributed by atoms with van der Waals surface area (Å²) in [6.45, 7) is 6.00. The van der Waals surface area contributed by atoms with Crippen LogP contribution in [0, 0.1) is 0 Å². The van der Waals surface area contributed by atoms with Crippen LogP contribution in [0.4, 0.5) is 17.5 Å². The van der Waals surface area contributed by atoms with E-state index in [1.54, 1.807) is 6.20 Å². The van der Waals surface area contributed by atoms with Crippen molar-refractivity contribution in [2.75, 3.05) is 23.3 Å². The van der Waals surface area contributed by atoms with E-state index in [4.69, 9.17) is 0 Å². The number of rotatable bonds is 6. The molecule has 4 heteroatoms. The van der Waals surface area contributed by atoms with E-state index in [2.05, 4.69) is 46.2 Å². The lowest BCUT2D eigenvalue weighted by molar-refractivity contribution is 0.935. The molecule has 0 aliphatic rings. The highest BCUT2D eigenvalue weighted by Crippen LogP contribution is 2.23. The molecule has 0 unspecified atom stereocenters. The van der Waals surface area contributed by atoms with Gasteiger partial charge in [0.2, 0.25) is 5.95 Å². The lowest BCUT2D eigenvalue weighted by atomic mass is 10.3. The number of hydrogen-bond acceptors (Lipinski definition) is 4. The minimum Gasteiger partial charge on any atom is -0.354 e. The van der Waals surface area contributed by atoms with E-state index in [1.807, 2.05) is 24.3 Å². The number of anilines is 3. The van der Waals surface area contributed by atoms with Crippen molar-refractivity contribution in [2.24, 2.45) is 0 Å². The highest BCUT2D eigenvalue weighted by Gasteiger charge is 2.08. The standard InChI is InChI=1S/C15H20N4/c1-3-11-16-15-17-12-10-14(18-15)19(4-2)13-8-6-5-7-9-13/h5-10,12H,3-4,11H2,1-2H3,(H,16,17,18). The molecule has 0 spiro atoms. The summed E-state index contributed by atoms with van der Waals surface area (Å²) in [5, 5.41) is 3.22. The molecule has 100 valence electrons. The molecule has 0 radical (unpaired) electrons. The summed E-state index contributed by atoms with van der Waals surface area (Å²) in [5.41, 5.74) is 1.14. The molecular formula is C15H20N4. The van der Waals surface area contributed by atoms with Crippen molar-refractivity contribution in [1.29, 1.82) is 0 Å². The fraction of sp³-hybridized carbons (Fsp3) is 0.333. The van der Waals surface area contributed by atoms with Crippen LogP contribution < -0.4 is 10.2 Å². The molecule has 4 nitrogen and oxygen atoms in total. The van der Waals surface area contributed by atoms with Gasteiger partial charge in [0.05, 0.1) is 0 Å². The Labute approximate surface area is 114 Å². The van der Waals surface area contributed by atoms with Gasteiger partial charge in [0, 0.05) is 25.0 Å². The normalized spacial score (nSPS) is 10.2. The molecule has 0 fully saturated rings. The van der Waals surface area contributed by atoms with Gasteiger partial charge in [-0.1, -0.05) is 25.1 Å². The number of para-hydroxylation sites is 1. The summed E-state index contributed by atoms with van der Waals surface area (Å²) >= 11 is 0. The Morgan fingerprint density at radius 1 is 1.11 bits per heavy atom. The molecule has 0 bridgehead atoms. The molecule has 2 aromatic rings. The van der Waals surface area contributed by atoms with Gasteiger partial charge in [-0.15, -0.1) is 0 Å². The van der Waals surface area contributed by atoms with Crippen LogP contribution in [-0.2, 0) is 0 Å². The zero-order chi connectivity index (χ0) is 13.5. The van der Waals surface area contributed by atoms with Crippen molar-refractivity contribution in [3.8, 4) is 0 Å². The largest absolute Gasteiger partial charge is 0.354 e. The summed E-state index contributed by atoms with van der Waals surface area (Å²) in [4.78, 5) is 11.0. The Morgan fingerprint density at radius 3 is 2.58 bits per heavy atom. The van der Waals surface area contributed by atoms with E-state index in [1.165, 1.54) is 0 Å². The van der Waals surface area contributed by atoms with Crippen molar-refractivity contribution >= 4 is 17.5 Å². The zero-order valence-corrected chi connectivity index (χ0v) is 11.5. The first kappa shape index (κ1) is 13.3. The number of aromatic nitrogens is 2. The molecule has 0 aliphatic heterocycles. The van der Waals surface area contributed by atoms with Crippen molar-refractivity contribution in [3.63, 3.8) is 0 Å². The minimum atomic E-state index is 0.689. The maximum atomic E-state index is 4.56. The minimum absolute atomic E-state index is 0.689. The van der Waals surface area contributed by atoms with Gasteiger partial charge < -0.3 is 10.2 Å². The topological polar surface area (TPSA) is 41.1 Å². The van der Waals surface area contributed by atoms with Crippen LogP contribution in [0.1, 0.15) is 20.3 Å². The molecule has 1 aromatic heterocycles. The lowest BCUT2D eigenvalue weighted by Gasteiger charge is -2.22. The Hall–Kier alpha value is -2.10. The van der Waals surface area contributed by atoms with Gasteiger partial charge in [0.15, 0.2) is 0 Å². The van der Waals surface area contributed by atoms with Crippen molar-refractivity contribution in [2.45, 2.75) is 20.3 Å². The van der Waals surface area contributed by atoms with Gasteiger partial charge in [-0.2, -0.15) is 4.98 Å². The van der Waals surface area contributed by atoms with Crippen LogP contribution in [0.15, 0.2) is 42.6 Å². The molecule has 2 rings (SSSR count). The molecule has 1 heterocycles. The van der Waals surface area contributed by atoms with Crippen LogP contribution in [0.3, 0.4) is 0 Å². The molecule has 19 heavy (non-hydrogen) atoms. The van der Waals surface area contributed by atoms with Gasteiger partial charge in [-0.05, 0) is 31.5 Å². The van der Waals surface area contributed by atoms with Gasteiger partial charge in [0.25, 0.3) is 0 Å². The summed E-state index contributed by atoms with van der Waals surface area (Å²) in [5.74, 6) is 1.61. The third kappa shape index (κ3) is 3.44. The van der Waals surface area contributed by atoms with Gasteiger partial charge >= 0.3 is 0 Å². The second kappa shape index (κ2) is 6.73. The first-order valence-electron chi connectivity index (χ1n) is 6.74. The maximum Gasteiger partial charge on any atom is 0.224 e. The van der Waals surface area contributed by atoms with Crippen molar-refractivity contribution in [3.05, 3.63) is 42.6 Å². The third-order valence-electron chi connectivity index (χ3n) is 2.83. The monoisotopic (exact) mass is 256 g/mol. The van der Waals surface area contributed by atoms with Gasteiger partial charge in [-0.3, -0.25) is 0 Å². The first-order valence-corrected chi connectivity index (χ1v) is 6.74. The predicted molar refractivity (Wildman–Crippen MR) is 79.9 cm³/mol. The number of benzene rings is 1. The summed E-state index contributed by atoms with van der Waals surface area (Å²) in [6.07, 6.45) is 2.86. The quantitative estimate of drug-likeness (QED) is 0.859. The van der Waals surface area contributed by atoms with Crippen molar-refractivity contribution < 1.29 is 0 Å². The fourth-order valence-electron chi connectivity index (χ4n) is 1.91. The highest BCUT2D eigenvalue weighted by atomic mass is 15.2. The fourth-order valence-corrected chi connectivity index (χ4v) is 1.91. The molecule has 0 aliphatic carbocycles. The maximum absolute atomic E-state index is 4.56. The number of hydrogen-bond donors (Lipinski definition) is 1. The molecule has 0 atom stereocenters. The lowest BCUT2D eigenvalue weighted by Crippen LogP contribution is -2.18. The van der Waals surface area contributed by atoms with Gasteiger partial charge in [0.1, 0.15) is 5.82 Å². The Balaban J connectivity index is 2.23. The van der Waals surface area contributed by atoms with E-state index in [0.29, 0.717) is 5.95 Å². The Bertz CT molecular complexity index is 499. The number of nitrogens with one attached hydrogen (secondary N) is 1. The van der Waals surface area contributed by atoms with Crippen LogP contribution in [-0.4, -0.2) is 23.1 Å². The van der Waals surface area contributed by atoms with Crippen LogP contribution >= 0.6 is 0 Å². The smallest absolute Gasteiger partial charge is 0.224 e. The Morgan fingerprint density at radius 2 is 1.89 bits per heavy atom. The number of nitrogens with zero attached hydrogens (tertiary/aromatic N) is 3. The average molecular weight is 256 g/mol. The summed E-state index contributed by atoms with van der Waals surface area (Å²) in [7, 11) is 0. The van der Waals surface area contributed by atoms with Crippen LogP contribution in [0.2, 0.25) is 0 Å². The molecule has 0 saturated heterocycles. The molecule has 0 amide bonds. The van der Waals surface area contributed by atoms with Gasteiger partial charge in [-0.25, -0.2) is 4.98 Å². The SMILES string of the molecule is CCCNc1nccc(N(CC)c2ccccc2)n1. The molecule has 1 N–H and O–H groups in total. The van der Waals surface area contributed by atoms with E-state index in [-0.39, 0.29) is 0 Å². The second-order valence-corrected chi connectivity index (χ2v) is 4.25. The molecular weight excluding hydrogens is 236 g/mol. The van der Waals surface area contributed by atoms with E-state index in [9.17, 15) is 0 Å². The molecule has 0 saturated carbocycles. The summed E-state index contributed by atoms with van der Waals surface area (Å²) in [6, 6.07) is 12.2. The zero-order valence-electron chi connectivity index (χ0n) is 11.5. The highest BCUT2D eigenvalue weighted by molar-refractivity contribution is 5.60. The second-order valence-electron chi connectivity index (χ2n) is 4.25. The predicted octanol–water partition coefficient (Wildman–Crippen LogP) is 3.46. The molecule has 1 aromatic carbocycles. The van der Waals surface area contributed by atoms with E-state index >= 15 is 0 Å². The third-order valence-corrected chi connectivity index (χ3v) is 2.83. The van der Waals surface area contributed by atoms with E-state index in [0.717, 1.165) is 31.0 Å². The average Bonchev–Trinajstić information content (AvgIpc) is 2.47. The Kier molecular flexibility index (Phi) is 4.72. The first-order chi connectivity index (χ1) is 9.35. The van der Waals surface area contributed by atoms with E-state index < -0.39 is 0 Å². The summed E-state index contributed by atoms with van der Waals surface area (Å²) < 4.78 is 0. The van der Waals surface area contributed by atoms with Crippen LogP contribution in [0.25, 0.3) is 0 Å². The van der Waals surface area contributed by atoms with Crippen molar-refractivity contribution in [1.82, 2.24) is 9.97 Å².